The maximum atomic E-state index is 11.0. The van der Waals surface area contributed by atoms with Crippen molar-refractivity contribution >= 4 is 49.5 Å². The third-order valence-electron chi connectivity index (χ3n) is 7.64. The van der Waals surface area contributed by atoms with Crippen LogP contribution >= 0.6 is 15.9 Å². The number of aliphatic hydroxyl groups is 2. The van der Waals surface area contributed by atoms with Crippen LogP contribution in [0.4, 0.5) is 11.6 Å². The monoisotopic (exact) mass is 508 g/mol. The van der Waals surface area contributed by atoms with Crippen molar-refractivity contribution in [3.63, 3.8) is 0 Å². The van der Waals surface area contributed by atoms with Gasteiger partial charge < -0.3 is 26.2 Å². The van der Waals surface area contributed by atoms with Gasteiger partial charge in [0.15, 0.2) is 0 Å². The predicted octanol–water partition coefficient (Wildman–Crippen LogP) is 3.21. The van der Waals surface area contributed by atoms with Crippen molar-refractivity contribution in [1.29, 1.82) is 0 Å². The zero-order valence-electron chi connectivity index (χ0n) is 17.9. The molecule has 0 radical (unpaired) electrons. The van der Waals surface area contributed by atoms with Crippen molar-refractivity contribution in [1.82, 2.24) is 19.5 Å². The first-order valence-electron chi connectivity index (χ1n) is 11.1. The van der Waals surface area contributed by atoms with E-state index in [1.54, 1.807) is 0 Å². The summed E-state index contributed by atoms with van der Waals surface area (Å²) >= 11 is 3.43. The zero-order chi connectivity index (χ0) is 22.9. The van der Waals surface area contributed by atoms with Gasteiger partial charge in [0.2, 0.25) is 0 Å². The summed E-state index contributed by atoms with van der Waals surface area (Å²) in [5, 5.41) is 23.7. The number of aliphatic hydroxyl groups excluding tert-OH is 2. The van der Waals surface area contributed by atoms with Gasteiger partial charge in [-0.1, -0.05) is 12.1 Å². The van der Waals surface area contributed by atoms with Crippen LogP contribution in [-0.2, 0) is 6.42 Å². The lowest BCUT2D eigenvalue weighted by Crippen LogP contribution is -2.46. The molecule has 8 nitrogen and oxygen atoms in total. The van der Waals surface area contributed by atoms with Crippen LogP contribution in [0.1, 0.15) is 30.9 Å². The highest BCUT2D eigenvalue weighted by Crippen LogP contribution is 2.60. The van der Waals surface area contributed by atoms with E-state index in [0.29, 0.717) is 29.6 Å². The highest BCUT2D eigenvalue weighted by atomic mass is 79.9. The first-order chi connectivity index (χ1) is 15.8. The molecular formula is C24H25BrN6O2. The maximum Gasteiger partial charge on any atom is 0.145 e. The summed E-state index contributed by atoms with van der Waals surface area (Å²) < 4.78 is 2.75. The minimum absolute atomic E-state index is 0.237. The van der Waals surface area contributed by atoms with Crippen LogP contribution in [0.2, 0.25) is 0 Å². The van der Waals surface area contributed by atoms with Gasteiger partial charge >= 0.3 is 0 Å². The Labute approximate surface area is 198 Å². The SMILES string of the molecule is Nc1nc2cc(C[C@H]3C[C@]4(C[C@@H](n5ccc6c(N)ncnc65)[C@H](O)[C@@H]4O)C3)ccc2cc1Br. The number of fused-ring (bicyclic) bond motifs is 2. The number of nitrogens with two attached hydrogens (primary N) is 2. The van der Waals surface area contributed by atoms with Crippen molar-refractivity contribution < 1.29 is 10.2 Å². The van der Waals surface area contributed by atoms with E-state index >= 15 is 0 Å². The summed E-state index contributed by atoms with van der Waals surface area (Å²) in [5.74, 6) is 1.36. The second-order valence-electron chi connectivity index (χ2n) is 9.65. The summed E-state index contributed by atoms with van der Waals surface area (Å²) in [6.45, 7) is 0. The van der Waals surface area contributed by atoms with E-state index in [9.17, 15) is 10.2 Å². The van der Waals surface area contributed by atoms with Gasteiger partial charge in [-0.05, 0) is 71.3 Å². The summed E-state index contributed by atoms with van der Waals surface area (Å²) in [7, 11) is 0. The third-order valence-corrected chi connectivity index (χ3v) is 8.27. The molecule has 3 heterocycles. The van der Waals surface area contributed by atoms with E-state index in [0.717, 1.165) is 40.0 Å². The number of aromatic nitrogens is 4. The van der Waals surface area contributed by atoms with Crippen LogP contribution in [0.5, 0.6) is 0 Å². The minimum atomic E-state index is -0.843. The summed E-state index contributed by atoms with van der Waals surface area (Å²) in [6.07, 6.45) is 5.11. The number of nitrogens with zero attached hydrogens (tertiary/aromatic N) is 4. The van der Waals surface area contributed by atoms with Gasteiger partial charge in [-0.3, -0.25) is 0 Å². The van der Waals surface area contributed by atoms with E-state index in [-0.39, 0.29) is 11.5 Å². The second-order valence-corrected chi connectivity index (χ2v) is 10.5. The average molecular weight is 509 g/mol. The fraction of sp³-hybridized carbons (Fsp3) is 0.375. The quantitative estimate of drug-likeness (QED) is 0.333. The van der Waals surface area contributed by atoms with Crippen LogP contribution in [0, 0.1) is 11.3 Å². The van der Waals surface area contributed by atoms with E-state index in [1.165, 1.54) is 11.9 Å². The Hall–Kier alpha value is -2.75. The van der Waals surface area contributed by atoms with Crippen molar-refractivity contribution in [3.05, 3.63) is 52.9 Å². The smallest absolute Gasteiger partial charge is 0.145 e. The molecule has 9 heteroatoms. The van der Waals surface area contributed by atoms with Crippen molar-refractivity contribution in [2.75, 3.05) is 11.5 Å². The number of nitrogen functional groups attached to an aromatic ring is 2. The van der Waals surface area contributed by atoms with Crippen molar-refractivity contribution in [3.8, 4) is 0 Å². The van der Waals surface area contributed by atoms with Gasteiger partial charge in [-0.2, -0.15) is 0 Å². The summed E-state index contributed by atoms with van der Waals surface area (Å²) in [4.78, 5) is 12.9. The molecule has 2 saturated carbocycles. The Morgan fingerprint density at radius 2 is 1.88 bits per heavy atom. The average Bonchev–Trinajstić information content (AvgIpc) is 3.30. The highest BCUT2D eigenvalue weighted by Gasteiger charge is 2.59. The Kier molecular flexibility index (Phi) is 4.66. The molecule has 0 saturated heterocycles. The lowest BCUT2D eigenvalue weighted by Gasteiger charge is -2.48. The van der Waals surface area contributed by atoms with Gasteiger partial charge in [-0.25, -0.2) is 15.0 Å². The van der Waals surface area contributed by atoms with Crippen LogP contribution in [0.3, 0.4) is 0 Å². The molecule has 0 amide bonds. The number of rotatable bonds is 3. The number of pyridine rings is 1. The predicted molar refractivity (Wildman–Crippen MR) is 130 cm³/mol. The third kappa shape index (κ3) is 3.21. The van der Waals surface area contributed by atoms with Gasteiger partial charge in [-0.15, -0.1) is 0 Å². The van der Waals surface area contributed by atoms with Gasteiger partial charge in [0.25, 0.3) is 0 Å². The molecule has 2 aliphatic carbocycles. The normalized spacial score (nSPS) is 29.2. The fourth-order valence-corrected chi connectivity index (χ4v) is 6.39. The number of hydrogen-bond acceptors (Lipinski definition) is 7. The van der Waals surface area contributed by atoms with Gasteiger partial charge in [0, 0.05) is 17.0 Å². The molecule has 170 valence electrons. The molecule has 33 heavy (non-hydrogen) atoms. The number of hydrogen-bond donors (Lipinski definition) is 4. The van der Waals surface area contributed by atoms with Gasteiger partial charge in [0.1, 0.15) is 29.7 Å². The number of benzene rings is 1. The first-order valence-corrected chi connectivity index (χ1v) is 11.9. The van der Waals surface area contributed by atoms with Crippen LogP contribution in [-0.4, -0.2) is 41.9 Å². The highest BCUT2D eigenvalue weighted by molar-refractivity contribution is 9.10. The summed E-state index contributed by atoms with van der Waals surface area (Å²) in [6, 6.07) is 9.93. The molecule has 2 aliphatic rings. The van der Waals surface area contributed by atoms with E-state index < -0.39 is 12.2 Å². The Morgan fingerprint density at radius 1 is 1.06 bits per heavy atom. The molecule has 0 aliphatic heterocycles. The lowest BCUT2D eigenvalue weighted by atomic mass is 9.58. The standard InChI is InChI=1S/C24H25BrN6O2/c25-16-7-14-2-1-12(6-17(14)30-22(16)27)5-13-8-24(9-13)10-18(19(32)20(24)33)31-4-3-15-21(26)28-11-29-23(15)31/h1-4,6-7,11,13,18-20,32-33H,5,8-10H2,(H2,27,30)(H2,26,28,29)/t13-,18-,19+,20+,24+/m1/s1. The van der Waals surface area contributed by atoms with E-state index in [4.69, 9.17) is 11.5 Å². The molecule has 6 N–H and O–H groups in total. The van der Waals surface area contributed by atoms with Crippen LogP contribution < -0.4 is 11.5 Å². The van der Waals surface area contributed by atoms with Crippen molar-refractivity contribution in [2.45, 2.75) is 43.9 Å². The largest absolute Gasteiger partial charge is 0.390 e. The molecule has 1 aromatic carbocycles. The molecule has 3 aromatic heterocycles. The minimum Gasteiger partial charge on any atom is -0.390 e. The molecule has 1 spiro atoms. The maximum absolute atomic E-state index is 11.0. The second kappa shape index (κ2) is 7.38. The Bertz CT molecular complexity index is 1380. The summed E-state index contributed by atoms with van der Waals surface area (Å²) in [5.41, 5.74) is 14.5. The number of halogens is 1. The van der Waals surface area contributed by atoms with E-state index in [2.05, 4.69) is 49.1 Å². The fourth-order valence-electron chi connectivity index (χ4n) is 6.06. The Balaban J connectivity index is 1.20. The van der Waals surface area contributed by atoms with Gasteiger partial charge in [0.05, 0.1) is 27.5 Å². The molecule has 2 fully saturated rings. The molecule has 6 rings (SSSR count). The van der Waals surface area contributed by atoms with Crippen LogP contribution in [0.25, 0.3) is 21.9 Å². The van der Waals surface area contributed by atoms with E-state index in [1.807, 2.05) is 22.9 Å². The Morgan fingerprint density at radius 3 is 2.70 bits per heavy atom. The number of anilines is 2. The molecule has 3 atom stereocenters. The molecule has 4 aromatic rings. The molecule has 0 unspecified atom stereocenters. The van der Waals surface area contributed by atoms with Crippen LogP contribution in [0.15, 0.2) is 47.3 Å². The van der Waals surface area contributed by atoms with Crippen molar-refractivity contribution in [2.24, 2.45) is 11.3 Å². The lowest BCUT2D eigenvalue weighted by molar-refractivity contribution is -0.0841. The molecular weight excluding hydrogens is 484 g/mol. The molecule has 0 bridgehead atoms. The topological polar surface area (TPSA) is 136 Å². The zero-order valence-corrected chi connectivity index (χ0v) is 19.5. The first kappa shape index (κ1) is 20.8.